The van der Waals surface area contributed by atoms with E-state index in [2.05, 4.69) is 20.7 Å². The number of hydrogen-bond donors (Lipinski definition) is 2. The molecule has 12 heteroatoms. The van der Waals surface area contributed by atoms with Gasteiger partial charge in [0.15, 0.2) is 0 Å². The molecule has 208 valence electrons. The molecule has 6 rings (SSSR count). The zero-order valence-corrected chi connectivity index (χ0v) is 22.9. The van der Waals surface area contributed by atoms with Gasteiger partial charge in [-0.25, -0.2) is 4.68 Å². The van der Waals surface area contributed by atoms with Gasteiger partial charge in [-0.2, -0.15) is 5.10 Å². The van der Waals surface area contributed by atoms with Gasteiger partial charge in [-0.15, -0.1) is 5.10 Å². The van der Waals surface area contributed by atoms with Gasteiger partial charge in [-0.3, -0.25) is 14.3 Å². The molecule has 5 aromatic rings. The van der Waals surface area contributed by atoms with E-state index in [0.717, 1.165) is 16.5 Å². The number of halogens is 1. The van der Waals surface area contributed by atoms with Gasteiger partial charge in [0.1, 0.15) is 12.3 Å². The van der Waals surface area contributed by atoms with E-state index in [1.165, 1.54) is 11.1 Å². The summed E-state index contributed by atoms with van der Waals surface area (Å²) in [6, 6.07) is 19.2. The molecule has 41 heavy (non-hydrogen) atoms. The van der Waals surface area contributed by atoms with Gasteiger partial charge in [-0.05, 0) is 42.0 Å². The van der Waals surface area contributed by atoms with Crippen LogP contribution in [0.2, 0.25) is 5.02 Å². The standard InChI is InChI=1S/C29H27ClN8O3/c1-35-16-20-14-22(8-9-23(20)33-35)32-29(41)26(13-19-5-3-2-4-6-19)37-18-27(39)36(17-28(37)40)25-15-21(30)7-10-24(25)38-12-11-31-34-38/h2-12,14-16,26-27,39H,13,17-18H2,1H3,(H,32,41). The summed E-state index contributed by atoms with van der Waals surface area (Å²) in [4.78, 5) is 30.5. The molecule has 1 aliphatic rings. The number of aliphatic hydroxyl groups is 1. The number of amides is 2. The number of aliphatic hydroxyl groups excluding tert-OH is 1. The summed E-state index contributed by atoms with van der Waals surface area (Å²) in [6.07, 6.45) is 4.25. The van der Waals surface area contributed by atoms with Crippen molar-refractivity contribution >= 4 is 45.7 Å². The summed E-state index contributed by atoms with van der Waals surface area (Å²) in [5, 5.41) is 27.9. The smallest absolute Gasteiger partial charge is 0.247 e. The van der Waals surface area contributed by atoms with Crippen LogP contribution in [-0.2, 0) is 23.1 Å². The van der Waals surface area contributed by atoms with Crippen LogP contribution >= 0.6 is 11.6 Å². The first-order chi connectivity index (χ1) is 19.9. The van der Waals surface area contributed by atoms with Crippen LogP contribution in [0, 0.1) is 0 Å². The molecule has 1 saturated heterocycles. The number of rotatable bonds is 7. The van der Waals surface area contributed by atoms with Crippen molar-refractivity contribution in [3.63, 3.8) is 0 Å². The number of benzene rings is 3. The maximum atomic E-state index is 13.8. The van der Waals surface area contributed by atoms with E-state index in [1.807, 2.05) is 55.7 Å². The Bertz CT molecular complexity index is 1710. The minimum atomic E-state index is -1.11. The van der Waals surface area contributed by atoms with Crippen LogP contribution in [0.4, 0.5) is 11.4 Å². The van der Waals surface area contributed by atoms with Crippen molar-refractivity contribution in [1.82, 2.24) is 29.7 Å². The molecule has 2 unspecified atom stereocenters. The fourth-order valence-electron chi connectivity index (χ4n) is 5.16. The van der Waals surface area contributed by atoms with Gasteiger partial charge >= 0.3 is 0 Å². The Morgan fingerprint density at radius 1 is 1.12 bits per heavy atom. The maximum Gasteiger partial charge on any atom is 0.247 e. The molecule has 1 fully saturated rings. The van der Waals surface area contributed by atoms with E-state index in [9.17, 15) is 14.7 Å². The first-order valence-electron chi connectivity index (χ1n) is 13.0. The van der Waals surface area contributed by atoms with E-state index >= 15 is 0 Å². The lowest BCUT2D eigenvalue weighted by Gasteiger charge is -2.42. The summed E-state index contributed by atoms with van der Waals surface area (Å²) in [5.41, 5.74) is 3.43. The third-order valence-corrected chi connectivity index (χ3v) is 7.33. The summed E-state index contributed by atoms with van der Waals surface area (Å²) in [7, 11) is 1.84. The van der Waals surface area contributed by atoms with E-state index in [-0.39, 0.29) is 31.3 Å². The van der Waals surface area contributed by atoms with Crippen molar-refractivity contribution in [2.24, 2.45) is 7.05 Å². The molecule has 3 aromatic carbocycles. The Kier molecular flexibility index (Phi) is 7.12. The summed E-state index contributed by atoms with van der Waals surface area (Å²) in [6.45, 7) is -0.252. The Morgan fingerprint density at radius 2 is 1.95 bits per heavy atom. The largest absolute Gasteiger partial charge is 0.372 e. The number of nitrogens with zero attached hydrogens (tertiary/aromatic N) is 7. The molecule has 11 nitrogen and oxygen atoms in total. The monoisotopic (exact) mass is 570 g/mol. The van der Waals surface area contributed by atoms with Crippen molar-refractivity contribution in [1.29, 1.82) is 0 Å². The molecule has 2 amide bonds. The summed E-state index contributed by atoms with van der Waals surface area (Å²) < 4.78 is 3.25. The average molecular weight is 571 g/mol. The second-order valence-electron chi connectivity index (χ2n) is 9.91. The Morgan fingerprint density at radius 3 is 2.73 bits per heavy atom. The average Bonchev–Trinajstić information content (AvgIpc) is 3.62. The van der Waals surface area contributed by atoms with Gasteiger partial charge in [-0.1, -0.05) is 47.1 Å². The molecule has 3 heterocycles. The van der Waals surface area contributed by atoms with Crippen LogP contribution in [0.25, 0.3) is 16.6 Å². The van der Waals surface area contributed by atoms with Crippen LogP contribution < -0.4 is 10.2 Å². The molecular formula is C29H27ClN8O3. The lowest BCUT2D eigenvalue weighted by Crippen LogP contribution is -2.61. The van der Waals surface area contributed by atoms with Crippen LogP contribution in [-0.4, -0.2) is 72.0 Å². The Balaban J connectivity index is 1.28. The van der Waals surface area contributed by atoms with Crippen LogP contribution in [0.3, 0.4) is 0 Å². The van der Waals surface area contributed by atoms with E-state index in [1.54, 1.807) is 44.7 Å². The van der Waals surface area contributed by atoms with Crippen molar-refractivity contribution in [2.45, 2.75) is 18.7 Å². The molecule has 0 spiro atoms. The van der Waals surface area contributed by atoms with Crippen LogP contribution in [0.1, 0.15) is 5.56 Å². The quantitative estimate of drug-likeness (QED) is 0.308. The van der Waals surface area contributed by atoms with E-state index in [0.29, 0.717) is 22.1 Å². The topological polar surface area (TPSA) is 121 Å². The number of aryl methyl sites for hydroxylation is 1. The second-order valence-corrected chi connectivity index (χ2v) is 10.3. The molecule has 0 aliphatic carbocycles. The maximum absolute atomic E-state index is 13.8. The number of fused-ring (bicyclic) bond motifs is 1. The lowest BCUT2D eigenvalue weighted by atomic mass is 10.0. The third kappa shape index (κ3) is 5.49. The van der Waals surface area contributed by atoms with Gasteiger partial charge < -0.3 is 20.2 Å². The number of nitrogens with one attached hydrogen (secondary N) is 1. The third-order valence-electron chi connectivity index (χ3n) is 7.10. The Hall–Kier alpha value is -4.74. The molecule has 0 radical (unpaired) electrons. The highest BCUT2D eigenvalue weighted by molar-refractivity contribution is 6.31. The van der Waals surface area contributed by atoms with Gasteiger partial charge in [0.05, 0.1) is 42.4 Å². The summed E-state index contributed by atoms with van der Waals surface area (Å²) in [5.74, 6) is -0.657. The molecule has 0 bridgehead atoms. The van der Waals surface area contributed by atoms with Crippen molar-refractivity contribution in [3.8, 4) is 5.69 Å². The zero-order chi connectivity index (χ0) is 28.5. The number of carbonyl (C=O) groups is 2. The normalized spacial score (nSPS) is 16.3. The molecule has 2 N–H and O–H groups in total. The fraction of sp³-hybridized carbons (Fsp3) is 0.207. The molecule has 0 saturated carbocycles. The number of aromatic nitrogens is 5. The zero-order valence-electron chi connectivity index (χ0n) is 22.1. The highest BCUT2D eigenvalue weighted by Gasteiger charge is 2.39. The molecular weight excluding hydrogens is 544 g/mol. The highest BCUT2D eigenvalue weighted by atomic mass is 35.5. The first-order valence-corrected chi connectivity index (χ1v) is 13.4. The second kappa shape index (κ2) is 11.0. The molecule has 2 aromatic heterocycles. The van der Waals surface area contributed by atoms with Gasteiger partial charge in [0.25, 0.3) is 0 Å². The van der Waals surface area contributed by atoms with E-state index < -0.39 is 12.3 Å². The van der Waals surface area contributed by atoms with Crippen molar-refractivity contribution in [3.05, 3.63) is 95.9 Å². The minimum absolute atomic E-state index is 0.0886. The number of piperazine rings is 1. The van der Waals surface area contributed by atoms with Gasteiger partial charge in [0.2, 0.25) is 11.8 Å². The summed E-state index contributed by atoms with van der Waals surface area (Å²) >= 11 is 6.30. The highest BCUT2D eigenvalue weighted by Crippen LogP contribution is 2.31. The Labute approximate surface area is 240 Å². The van der Waals surface area contributed by atoms with Crippen molar-refractivity contribution in [2.75, 3.05) is 23.3 Å². The van der Waals surface area contributed by atoms with Gasteiger partial charge in [0, 0.05) is 35.8 Å². The molecule has 1 aliphatic heterocycles. The van der Waals surface area contributed by atoms with Crippen LogP contribution in [0.15, 0.2) is 85.3 Å². The number of hydrogen-bond acceptors (Lipinski definition) is 7. The van der Waals surface area contributed by atoms with E-state index in [4.69, 9.17) is 11.6 Å². The number of anilines is 2. The fourth-order valence-corrected chi connectivity index (χ4v) is 5.32. The van der Waals surface area contributed by atoms with Crippen LogP contribution in [0.5, 0.6) is 0 Å². The number of carbonyl (C=O) groups excluding carboxylic acids is 2. The lowest BCUT2D eigenvalue weighted by molar-refractivity contribution is -0.142. The van der Waals surface area contributed by atoms with Crippen molar-refractivity contribution < 1.29 is 14.7 Å². The SMILES string of the molecule is Cn1cc2cc(NC(=O)C(Cc3ccccc3)N3CC(O)N(c4cc(Cl)ccc4-n4ccnn4)CC3=O)ccc2n1. The molecule has 2 atom stereocenters. The first kappa shape index (κ1) is 26.5. The number of β-amino-alcohol motifs (C(OH)–C–C–N with tert-alkyl or cyclic N) is 1. The predicted octanol–water partition coefficient (Wildman–Crippen LogP) is 3.02. The predicted molar refractivity (Wildman–Crippen MR) is 155 cm³/mol. The minimum Gasteiger partial charge on any atom is -0.372 e.